The van der Waals surface area contributed by atoms with Crippen molar-refractivity contribution in [3.8, 4) is 5.75 Å². The average Bonchev–Trinajstić information content (AvgIpc) is 2.94. The van der Waals surface area contributed by atoms with E-state index in [2.05, 4.69) is 5.32 Å². The molecule has 0 aliphatic heterocycles. The molecule has 0 fully saturated rings. The molecule has 9 heteroatoms. The van der Waals surface area contributed by atoms with Crippen molar-refractivity contribution in [3.63, 3.8) is 0 Å². The summed E-state index contributed by atoms with van der Waals surface area (Å²) in [6, 6.07) is 19.7. The van der Waals surface area contributed by atoms with E-state index in [9.17, 15) is 18.0 Å². The minimum absolute atomic E-state index is 0.0738. The highest BCUT2D eigenvalue weighted by atomic mass is 32.2. The SMILES string of the molecule is CC[C@@H](C)NC(=O)[C@@H](C)N(Cc1cccc(OC)c1)C(=O)CN(c1ccc(C)cc1C)S(=O)(=O)c1ccccc1. The number of anilines is 1. The largest absolute Gasteiger partial charge is 0.497 e. The minimum atomic E-state index is -4.11. The Bertz CT molecular complexity index is 1430. The number of amides is 2. The lowest BCUT2D eigenvalue weighted by Gasteiger charge is -2.33. The minimum Gasteiger partial charge on any atom is -0.497 e. The molecule has 40 heavy (non-hydrogen) atoms. The molecule has 0 spiro atoms. The second-order valence-corrected chi connectivity index (χ2v) is 11.8. The smallest absolute Gasteiger partial charge is 0.264 e. The van der Waals surface area contributed by atoms with Crippen LogP contribution in [0.4, 0.5) is 5.69 Å². The van der Waals surface area contributed by atoms with Gasteiger partial charge in [-0.15, -0.1) is 0 Å². The summed E-state index contributed by atoms with van der Waals surface area (Å²) in [5, 5.41) is 2.94. The summed E-state index contributed by atoms with van der Waals surface area (Å²) in [7, 11) is -2.55. The number of nitrogens with zero attached hydrogens (tertiary/aromatic N) is 2. The topological polar surface area (TPSA) is 96.0 Å². The van der Waals surface area contributed by atoms with E-state index in [4.69, 9.17) is 4.74 Å². The van der Waals surface area contributed by atoms with Crippen LogP contribution in [0.2, 0.25) is 0 Å². The van der Waals surface area contributed by atoms with Gasteiger partial charge in [-0.1, -0.05) is 55.0 Å². The highest BCUT2D eigenvalue weighted by Gasteiger charge is 2.33. The third-order valence-electron chi connectivity index (χ3n) is 6.89. The molecule has 0 bridgehead atoms. The fourth-order valence-electron chi connectivity index (χ4n) is 4.33. The van der Waals surface area contributed by atoms with Crippen LogP contribution in [0, 0.1) is 13.8 Å². The molecule has 3 aromatic carbocycles. The molecule has 0 aliphatic rings. The van der Waals surface area contributed by atoms with Gasteiger partial charge in [0.2, 0.25) is 11.8 Å². The molecule has 0 radical (unpaired) electrons. The fourth-order valence-corrected chi connectivity index (χ4v) is 5.83. The van der Waals surface area contributed by atoms with Crippen molar-refractivity contribution in [1.82, 2.24) is 10.2 Å². The summed E-state index contributed by atoms with van der Waals surface area (Å²) in [6.07, 6.45) is 0.734. The Morgan fingerprint density at radius 1 is 0.950 bits per heavy atom. The molecule has 0 saturated carbocycles. The molecule has 0 aromatic heterocycles. The van der Waals surface area contributed by atoms with Crippen LogP contribution in [-0.4, -0.2) is 50.9 Å². The van der Waals surface area contributed by atoms with Gasteiger partial charge in [0.1, 0.15) is 18.3 Å². The van der Waals surface area contributed by atoms with Crippen LogP contribution in [0.15, 0.2) is 77.7 Å². The van der Waals surface area contributed by atoms with E-state index in [1.165, 1.54) is 17.0 Å². The third-order valence-corrected chi connectivity index (χ3v) is 8.66. The van der Waals surface area contributed by atoms with Crippen LogP contribution in [0.3, 0.4) is 0 Å². The van der Waals surface area contributed by atoms with Gasteiger partial charge in [-0.3, -0.25) is 13.9 Å². The molecule has 2 amide bonds. The van der Waals surface area contributed by atoms with Gasteiger partial charge in [0.25, 0.3) is 10.0 Å². The normalized spacial score (nSPS) is 12.8. The summed E-state index contributed by atoms with van der Waals surface area (Å²) in [5.41, 5.74) is 2.84. The Hall–Kier alpha value is -3.85. The van der Waals surface area contributed by atoms with Gasteiger partial charge in [-0.05, 0) is 75.6 Å². The number of rotatable bonds is 12. The first-order valence-corrected chi connectivity index (χ1v) is 14.8. The molecule has 0 aliphatic carbocycles. The standard InChI is InChI=1S/C31H39N3O5S/c1-7-24(4)32-31(36)25(5)33(20-26-12-11-13-27(19-26)39-6)30(35)21-34(29-17-16-22(2)18-23(29)3)40(37,38)28-14-9-8-10-15-28/h8-19,24-25H,7,20-21H2,1-6H3,(H,32,36)/t24-,25-/m1/s1. The van der Waals surface area contributed by atoms with Crippen LogP contribution in [0.1, 0.15) is 43.9 Å². The molecule has 0 unspecified atom stereocenters. The molecular formula is C31H39N3O5S. The Balaban J connectivity index is 2.05. The first-order chi connectivity index (χ1) is 19.0. The van der Waals surface area contributed by atoms with Crippen molar-refractivity contribution in [1.29, 1.82) is 0 Å². The number of ether oxygens (including phenoxy) is 1. The predicted octanol–water partition coefficient (Wildman–Crippen LogP) is 4.84. The molecule has 0 saturated heterocycles. The van der Waals surface area contributed by atoms with Gasteiger partial charge in [-0.25, -0.2) is 8.42 Å². The number of hydrogen-bond donors (Lipinski definition) is 1. The Morgan fingerprint density at radius 2 is 1.65 bits per heavy atom. The van der Waals surface area contributed by atoms with Gasteiger partial charge in [0.15, 0.2) is 0 Å². The Labute approximate surface area is 238 Å². The first-order valence-electron chi connectivity index (χ1n) is 13.4. The number of methoxy groups -OCH3 is 1. The monoisotopic (exact) mass is 565 g/mol. The lowest BCUT2D eigenvalue weighted by Crippen LogP contribution is -2.52. The lowest BCUT2D eigenvalue weighted by molar-refractivity contribution is -0.139. The maximum atomic E-state index is 14.1. The molecule has 2 atom stereocenters. The third kappa shape index (κ3) is 7.41. The van der Waals surface area contributed by atoms with E-state index in [0.29, 0.717) is 17.0 Å². The van der Waals surface area contributed by atoms with Gasteiger partial charge in [0, 0.05) is 12.6 Å². The lowest BCUT2D eigenvalue weighted by atomic mass is 10.1. The van der Waals surface area contributed by atoms with Crippen molar-refractivity contribution in [3.05, 3.63) is 89.5 Å². The first kappa shape index (κ1) is 30.7. The maximum Gasteiger partial charge on any atom is 0.264 e. The van der Waals surface area contributed by atoms with Crippen molar-refractivity contribution >= 4 is 27.5 Å². The summed E-state index contributed by atoms with van der Waals surface area (Å²) < 4.78 is 34.3. The quantitative estimate of drug-likeness (QED) is 0.339. The number of sulfonamides is 1. The second kappa shape index (κ2) is 13.5. The number of hydrogen-bond acceptors (Lipinski definition) is 5. The van der Waals surface area contributed by atoms with E-state index in [1.54, 1.807) is 50.4 Å². The van der Waals surface area contributed by atoms with Gasteiger partial charge in [0.05, 0.1) is 17.7 Å². The summed E-state index contributed by atoms with van der Waals surface area (Å²) in [5.74, 6) is -0.200. The number of carbonyl (C=O) groups excluding carboxylic acids is 2. The molecule has 3 aromatic rings. The van der Waals surface area contributed by atoms with Crippen LogP contribution >= 0.6 is 0 Å². The molecular weight excluding hydrogens is 526 g/mol. The van der Waals surface area contributed by atoms with Crippen LogP contribution in [0.5, 0.6) is 5.75 Å². The van der Waals surface area contributed by atoms with Gasteiger partial charge in [-0.2, -0.15) is 0 Å². The summed E-state index contributed by atoms with van der Waals surface area (Å²) >= 11 is 0. The zero-order valence-electron chi connectivity index (χ0n) is 24.0. The van der Waals surface area contributed by atoms with Crippen molar-refractivity contribution in [2.45, 2.75) is 64.6 Å². The zero-order valence-corrected chi connectivity index (χ0v) is 24.9. The van der Waals surface area contributed by atoms with E-state index in [-0.39, 0.29) is 23.4 Å². The number of benzene rings is 3. The molecule has 0 heterocycles. The maximum absolute atomic E-state index is 14.1. The van der Waals surface area contributed by atoms with Crippen molar-refractivity contribution in [2.24, 2.45) is 0 Å². The highest BCUT2D eigenvalue weighted by molar-refractivity contribution is 7.92. The molecule has 214 valence electrons. The fraction of sp³-hybridized carbons (Fsp3) is 0.355. The number of carbonyl (C=O) groups is 2. The second-order valence-electron chi connectivity index (χ2n) is 9.98. The van der Waals surface area contributed by atoms with Gasteiger partial charge < -0.3 is 15.0 Å². The Morgan fingerprint density at radius 3 is 2.27 bits per heavy atom. The number of aryl methyl sites for hydroxylation is 2. The molecule has 8 nitrogen and oxygen atoms in total. The predicted molar refractivity (Wildman–Crippen MR) is 158 cm³/mol. The van der Waals surface area contributed by atoms with E-state index < -0.39 is 28.5 Å². The number of nitrogens with one attached hydrogen (secondary N) is 1. The zero-order chi connectivity index (χ0) is 29.4. The molecule has 3 rings (SSSR count). The summed E-state index contributed by atoms with van der Waals surface area (Å²) in [6.45, 7) is 8.87. The van der Waals surface area contributed by atoms with Gasteiger partial charge >= 0.3 is 0 Å². The van der Waals surface area contributed by atoms with E-state index >= 15 is 0 Å². The van der Waals surface area contributed by atoms with Crippen molar-refractivity contribution < 1.29 is 22.7 Å². The highest BCUT2D eigenvalue weighted by Crippen LogP contribution is 2.28. The summed E-state index contributed by atoms with van der Waals surface area (Å²) in [4.78, 5) is 28.7. The average molecular weight is 566 g/mol. The van der Waals surface area contributed by atoms with Crippen molar-refractivity contribution in [2.75, 3.05) is 18.0 Å². The van der Waals surface area contributed by atoms with E-state index in [0.717, 1.165) is 21.9 Å². The van der Waals surface area contributed by atoms with Crippen LogP contribution in [-0.2, 0) is 26.2 Å². The van der Waals surface area contributed by atoms with E-state index in [1.807, 2.05) is 52.0 Å². The van der Waals surface area contributed by atoms with Crippen LogP contribution < -0.4 is 14.4 Å². The van der Waals surface area contributed by atoms with Crippen LogP contribution in [0.25, 0.3) is 0 Å². The Kier molecular flexibility index (Phi) is 10.3. The molecule has 1 N–H and O–H groups in total.